The number of ether oxygens (including phenoxy) is 1. The van der Waals surface area contributed by atoms with Crippen LogP contribution in [0, 0.1) is 10.1 Å². The third-order valence-electron chi connectivity index (χ3n) is 3.06. The molecule has 1 amide bonds. The van der Waals surface area contributed by atoms with Crippen LogP contribution < -0.4 is 9.64 Å². The molecule has 0 N–H and O–H groups in total. The number of nitrogens with zero attached hydrogens (tertiary/aromatic N) is 3. The van der Waals surface area contributed by atoms with Crippen LogP contribution in [0.4, 0.5) is 24.5 Å². The molecule has 0 unspecified atom stereocenters. The molecule has 0 atom stereocenters. The Morgan fingerprint density at radius 3 is 2.40 bits per heavy atom. The standard InChI is InChI=1S/C15H12F3N3O4/c16-15(17,18)14(22)20(9-10-25-13-3-1-2-8-19-13)11-4-6-12(7-5-11)21(23)24/h1-8H,9-10H2. The van der Waals surface area contributed by atoms with Gasteiger partial charge in [0.05, 0.1) is 11.5 Å². The summed E-state index contributed by atoms with van der Waals surface area (Å²) >= 11 is 0. The average Bonchev–Trinajstić information content (AvgIpc) is 2.58. The molecule has 7 nitrogen and oxygen atoms in total. The molecule has 0 aliphatic rings. The summed E-state index contributed by atoms with van der Waals surface area (Å²) < 4.78 is 43.6. The van der Waals surface area contributed by atoms with Crippen molar-refractivity contribution in [3.8, 4) is 5.88 Å². The number of alkyl halides is 3. The van der Waals surface area contributed by atoms with Crippen molar-refractivity contribution in [1.29, 1.82) is 0 Å². The molecule has 0 spiro atoms. The van der Waals surface area contributed by atoms with Crippen molar-refractivity contribution in [2.45, 2.75) is 6.18 Å². The van der Waals surface area contributed by atoms with Gasteiger partial charge in [-0.2, -0.15) is 13.2 Å². The SMILES string of the molecule is O=C(N(CCOc1ccccn1)c1ccc([N+](=O)[O-])cc1)C(F)(F)F. The Bertz CT molecular complexity index is 736. The molecule has 0 bridgehead atoms. The lowest BCUT2D eigenvalue weighted by Crippen LogP contribution is -2.43. The van der Waals surface area contributed by atoms with Gasteiger partial charge in [0, 0.05) is 30.1 Å². The fourth-order valence-electron chi connectivity index (χ4n) is 1.93. The highest BCUT2D eigenvalue weighted by molar-refractivity contribution is 5.97. The van der Waals surface area contributed by atoms with Crippen molar-refractivity contribution in [3.05, 3.63) is 58.8 Å². The van der Waals surface area contributed by atoms with Gasteiger partial charge in [-0.3, -0.25) is 14.9 Å². The highest BCUT2D eigenvalue weighted by Crippen LogP contribution is 2.25. The van der Waals surface area contributed by atoms with Crippen molar-refractivity contribution in [3.63, 3.8) is 0 Å². The van der Waals surface area contributed by atoms with Gasteiger partial charge in [-0.1, -0.05) is 6.07 Å². The van der Waals surface area contributed by atoms with Gasteiger partial charge < -0.3 is 9.64 Å². The Kier molecular flexibility index (Phi) is 5.52. The number of rotatable bonds is 6. The number of hydrogen-bond acceptors (Lipinski definition) is 5. The van der Waals surface area contributed by atoms with Crippen LogP contribution >= 0.6 is 0 Å². The van der Waals surface area contributed by atoms with Gasteiger partial charge in [-0.25, -0.2) is 4.98 Å². The predicted molar refractivity (Wildman–Crippen MR) is 81.2 cm³/mol. The first-order chi connectivity index (χ1) is 11.8. The number of aromatic nitrogens is 1. The molecule has 2 aromatic rings. The highest BCUT2D eigenvalue weighted by atomic mass is 19.4. The molecular formula is C15H12F3N3O4. The summed E-state index contributed by atoms with van der Waals surface area (Å²) in [5.41, 5.74) is -0.426. The smallest absolute Gasteiger partial charge is 0.471 e. The summed E-state index contributed by atoms with van der Waals surface area (Å²) in [5, 5.41) is 10.6. The van der Waals surface area contributed by atoms with E-state index in [0.29, 0.717) is 4.90 Å². The number of anilines is 1. The van der Waals surface area contributed by atoms with E-state index in [2.05, 4.69) is 4.98 Å². The first kappa shape index (κ1) is 18.2. The molecule has 132 valence electrons. The van der Waals surface area contributed by atoms with Gasteiger partial charge >= 0.3 is 12.1 Å². The number of benzene rings is 1. The van der Waals surface area contributed by atoms with Crippen molar-refractivity contribution >= 4 is 17.3 Å². The number of pyridine rings is 1. The average molecular weight is 355 g/mol. The van der Waals surface area contributed by atoms with Crippen LogP contribution in [0.5, 0.6) is 5.88 Å². The molecule has 0 radical (unpaired) electrons. The zero-order chi connectivity index (χ0) is 18.4. The van der Waals surface area contributed by atoms with Crippen LogP contribution in [0.1, 0.15) is 0 Å². The lowest BCUT2D eigenvalue weighted by Gasteiger charge is -2.23. The van der Waals surface area contributed by atoms with Crippen molar-refractivity contribution in [2.75, 3.05) is 18.1 Å². The maximum absolute atomic E-state index is 12.8. The normalized spacial score (nSPS) is 11.0. The Hall–Kier alpha value is -3.17. The minimum absolute atomic E-state index is 0.127. The number of carbonyl (C=O) groups is 1. The first-order valence-electron chi connectivity index (χ1n) is 6.96. The number of nitro benzene ring substituents is 1. The summed E-state index contributed by atoms with van der Waals surface area (Å²) in [4.78, 5) is 25.9. The van der Waals surface area contributed by atoms with Crippen LogP contribution in [0.2, 0.25) is 0 Å². The van der Waals surface area contributed by atoms with E-state index in [-0.39, 0.29) is 23.9 Å². The van der Waals surface area contributed by atoms with Crippen LogP contribution in [0.15, 0.2) is 48.7 Å². The van der Waals surface area contributed by atoms with Gasteiger partial charge in [-0.15, -0.1) is 0 Å². The number of hydrogen-bond donors (Lipinski definition) is 0. The zero-order valence-corrected chi connectivity index (χ0v) is 12.6. The quantitative estimate of drug-likeness (QED) is 0.587. The van der Waals surface area contributed by atoms with E-state index in [0.717, 1.165) is 24.3 Å². The Morgan fingerprint density at radius 2 is 1.88 bits per heavy atom. The number of non-ortho nitro benzene ring substituents is 1. The van der Waals surface area contributed by atoms with Crippen LogP contribution in [0.25, 0.3) is 0 Å². The molecule has 0 fully saturated rings. The second kappa shape index (κ2) is 7.60. The van der Waals surface area contributed by atoms with Gasteiger partial charge in [0.1, 0.15) is 6.61 Å². The van der Waals surface area contributed by atoms with E-state index >= 15 is 0 Å². The van der Waals surface area contributed by atoms with E-state index in [1.54, 1.807) is 12.1 Å². The fourth-order valence-corrected chi connectivity index (χ4v) is 1.93. The van der Waals surface area contributed by atoms with Crippen molar-refractivity contribution in [1.82, 2.24) is 4.98 Å². The molecule has 0 aliphatic heterocycles. The molecule has 0 saturated heterocycles. The van der Waals surface area contributed by atoms with Crippen LogP contribution in [-0.4, -0.2) is 35.1 Å². The Balaban J connectivity index is 2.15. The molecule has 2 rings (SSSR count). The van der Waals surface area contributed by atoms with Crippen LogP contribution in [-0.2, 0) is 4.79 Å². The largest absolute Gasteiger partial charge is 0.476 e. The van der Waals surface area contributed by atoms with Crippen LogP contribution in [0.3, 0.4) is 0 Å². The minimum Gasteiger partial charge on any atom is -0.476 e. The minimum atomic E-state index is -5.09. The topological polar surface area (TPSA) is 85.6 Å². The Morgan fingerprint density at radius 1 is 1.20 bits per heavy atom. The van der Waals surface area contributed by atoms with E-state index in [1.807, 2.05) is 0 Å². The molecular weight excluding hydrogens is 343 g/mol. The molecule has 1 aromatic carbocycles. The molecule has 1 aromatic heterocycles. The third kappa shape index (κ3) is 4.90. The van der Waals surface area contributed by atoms with Crippen molar-refractivity contribution < 1.29 is 27.6 Å². The number of halogens is 3. The van der Waals surface area contributed by atoms with Gasteiger partial charge in [0.25, 0.3) is 5.69 Å². The third-order valence-corrected chi connectivity index (χ3v) is 3.06. The summed E-state index contributed by atoms with van der Waals surface area (Å²) in [6, 6.07) is 8.98. The molecule has 25 heavy (non-hydrogen) atoms. The van der Waals surface area contributed by atoms with E-state index in [9.17, 15) is 28.1 Å². The summed E-state index contributed by atoms with van der Waals surface area (Å²) in [5.74, 6) is -1.89. The lowest BCUT2D eigenvalue weighted by molar-refractivity contribution is -0.384. The number of carbonyl (C=O) groups excluding carboxylic acids is 1. The lowest BCUT2D eigenvalue weighted by atomic mass is 10.2. The molecule has 0 aliphatic carbocycles. The van der Waals surface area contributed by atoms with Crippen molar-refractivity contribution in [2.24, 2.45) is 0 Å². The maximum atomic E-state index is 12.8. The first-order valence-corrected chi connectivity index (χ1v) is 6.96. The predicted octanol–water partition coefficient (Wildman–Crippen LogP) is 2.96. The summed E-state index contributed by atoms with van der Waals surface area (Å²) in [6.45, 7) is -0.650. The summed E-state index contributed by atoms with van der Waals surface area (Å²) in [6.07, 6.45) is -3.64. The monoisotopic (exact) mass is 355 g/mol. The van der Waals surface area contributed by atoms with Gasteiger partial charge in [0.15, 0.2) is 0 Å². The van der Waals surface area contributed by atoms with Gasteiger partial charge in [-0.05, 0) is 18.2 Å². The number of amides is 1. The second-order valence-electron chi connectivity index (χ2n) is 4.74. The van der Waals surface area contributed by atoms with Gasteiger partial charge in [0.2, 0.25) is 5.88 Å². The molecule has 0 saturated carbocycles. The Labute approximate surface area is 139 Å². The summed E-state index contributed by atoms with van der Waals surface area (Å²) in [7, 11) is 0. The second-order valence-corrected chi connectivity index (χ2v) is 4.74. The highest BCUT2D eigenvalue weighted by Gasteiger charge is 2.43. The van der Waals surface area contributed by atoms with E-state index in [1.165, 1.54) is 12.3 Å². The van der Waals surface area contributed by atoms with E-state index in [4.69, 9.17) is 4.74 Å². The number of nitro groups is 1. The molecule has 1 heterocycles. The molecule has 10 heteroatoms. The maximum Gasteiger partial charge on any atom is 0.471 e. The zero-order valence-electron chi connectivity index (χ0n) is 12.6. The fraction of sp³-hybridized carbons (Fsp3) is 0.200. The van der Waals surface area contributed by atoms with E-state index < -0.39 is 23.6 Å².